The SMILES string of the molecule is COc1nc(C(=O)O)cn2nc(-c3cc4cccnc4n3CC3CC3)c(C)c12. The largest absolute Gasteiger partial charge is 0.479 e. The molecular weight excluding hydrogens is 358 g/mol. The number of rotatable bonds is 5. The van der Waals surface area contributed by atoms with Gasteiger partial charge in [-0.3, -0.25) is 0 Å². The molecule has 8 nitrogen and oxygen atoms in total. The van der Waals surface area contributed by atoms with E-state index in [0.717, 1.165) is 34.5 Å². The number of nitrogens with zero attached hydrogens (tertiary/aromatic N) is 5. The number of methoxy groups -OCH3 is 1. The van der Waals surface area contributed by atoms with Gasteiger partial charge in [-0.05, 0) is 43.9 Å². The van der Waals surface area contributed by atoms with E-state index in [0.29, 0.717) is 11.4 Å². The summed E-state index contributed by atoms with van der Waals surface area (Å²) in [7, 11) is 1.48. The van der Waals surface area contributed by atoms with Gasteiger partial charge in [-0.25, -0.2) is 19.3 Å². The minimum absolute atomic E-state index is 0.112. The summed E-state index contributed by atoms with van der Waals surface area (Å²) in [5, 5.41) is 15.1. The van der Waals surface area contributed by atoms with Gasteiger partial charge >= 0.3 is 5.97 Å². The van der Waals surface area contributed by atoms with E-state index in [1.165, 1.54) is 26.1 Å². The summed E-state index contributed by atoms with van der Waals surface area (Å²) in [5.74, 6) is -0.204. The molecule has 0 radical (unpaired) electrons. The number of fused-ring (bicyclic) bond motifs is 2. The lowest BCUT2D eigenvalue weighted by molar-refractivity contribution is 0.0688. The van der Waals surface area contributed by atoms with E-state index in [1.807, 2.05) is 19.1 Å². The second-order valence-electron chi connectivity index (χ2n) is 7.21. The van der Waals surface area contributed by atoms with Crippen LogP contribution in [-0.2, 0) is 6.54 Å². The number of aromatic carboxylic acids is 1. The van der Waals surface area contributed by atoms with E-state index in [2.05, 4.69) is 20.6 Å². The molecule has 0 spiro atoms. The maximum Gasteiger partial charge on any atom is 0.356 e. The van der Waals surface area contributed by atoms with Gasteiger partial charge in [0, 0.05) is 23.7 Å². The van der Waals surface area contributed by atoms with Crippen LogP contribution in [0.2, 0.25) is 0 Å². The number of aryl methyl sites for hydroxylation is 1. The number of hydrogen-bond acceptors (Lipinski definition) is 5. The molecule has 5 rings (SSSR count). The Morgan fingerprint density at radius 3 is 2.93 bits per heavy atom. The average molecular weight is 377 g/mol. The molecule has 0 saturated heterocycles. The van der Waals surface area contributed by atoms with Crippen molar-refractivity contribution in [1.29, 1.82) is 0 Å². The van der Waals surface area contributed by atoms with Crippen LogP contribution in [0.25, 0.3) is 27.9 Å². The van der Waals surface area contributed by atoms with Crippen LogP contribution in [0.5, 0.6) is 5.88 Å². The maximum absolute atomic E-state index is 11.4. The maximum atomic E-state index is 11.4. The first-order valence-corrected chi connectivity index (χ1v) is 9.18. The third kappa shape index (κ3) is 2.52. The topological polar surface area (TPSA) is 94.5 Å². The van der Waals surface area contributed by atoms with Crippen LogP contribution in [0, 0.1) is 12.8 Å². The quantitative estimate of drug-likeness (QED) is 0.574. The van der Waals surface area contributed by atoms with Gasteiger partial charge in [0.15, 0.2) is 5.69 Å². The van der Waals surface area contributed by atoms with Crippen molar-refractivity contribution in [1.82, 2.24) is 24.1 Å². The van der Waals surface area contributed by atoms with Crippen LogP contribution in [0.4, 0.5) is 0 Å². The van der Waals surface area contributed by atoms with E-state index in [4.69, 9.17) is 9.84 Å². The van der Waals surface area contributed by atoms with E-state index >= 15 is 0 Å². The summed E-state index contributed by atoms with van der Waals surface area (Å²) in [4.78, 5) is 20.1. The summed E-state index contributed by atoms with van der Waals surface area (Å²) in [6.07, 6.45) is 5.69. The summed E-state index contributed by atoms with van der Waals surface area (Å²) >= 11 is 0. The van der Waals surface area contributed by atoms with Gasteiger partial charge < -0.3 is 14.4 Å². The first-order valence-electron chi connectivity index (χ1n) is 9.18. The fourth-order valence-corrected chi connectivity index (χ4v) is 3.69. The van der Waals surface area contributed by atoms with Crippen molar-refractivity contribution in [3.05, 3.63) is 41.9 Å². The summed E-state index contributed by atoms with van der Waals surface area (Å²) < 4.78 is 9.13. The molecule has 28 heavy (non-hydrogen) atoms. The van der Waals surface area contributed by atoms with Crippen molar-refractivity contribution in [3.8, 4) is 17.3 Å². The fraction of sp³-hybridized carbons (Fsp3) is 0.300. The van der Waals surface area contributed by atoms with Gasteiger partial charge in [-0.15, -0.1) is 0 Å². The molecule has 1 aliphatic rings. The zero-order chi connectivity index (χ0) is 19.4. The molecular formula is C20H19N5O3. The summed E-state index contributed by atoms with van der Waals surface area (Å²) in [5.41, 5.74) is 4.14. The monoisotopic (exact) mass is 377 g/mol. The number of aromatic nitrogens is 5. The Balaban J connectivity index is 1.77. The Bertz CT molecular complexity index is 1240. The molecule has 1 aliphatic carbocycles. The molecule has 142 valence electrons. The van der Waals surface area contributed by atoms with Crippen LogP contribution in [0.3, 0.4) is 0 Å². The van der Waals surface area contributed by atoms with Crippen molar-refractivity contribution in [3.63, 3.8) is 0 Å². The lowest BCUT2D eigenvalue weighted by Gasteiger charge is -2.08. The van der Waals surface area contributed by atoms with Crippen molar-refractivity contribution < 1.29 is 14.6 Å². The smallest absolute Gasteiger partial charge is 0.356 e. The van der Waals surface area contributed by atoms with Crippen LogP contribution >= 0.6 is 0 Å². The fourth-order valence-electron chi connectivity index (χ4n) is 3.69. The average Bonchev–Trinajstić information content (AvgIpc) is 3.36. The molecule has 4 aromatic rings. The Kier molecular flexibility index (Phi) is 3.61. The van der Waals surface area contributed by atoms with Crippen LogP contribution < -0.4 is 4.74 Å². The highest BCUT2D eigenvalue weighted by Gasteiger charge is 2.27. The van der Waals surface area contributed by atoms with Gasteiger partial charge in [0.1, 0.15) is 16.9 Å². The van der Waals surface area contributed by atoms with Crippen LogP contribution in [0.1, 0.15) is 28.9 Å². The van der Waals surface area contributed by atoms with Gasteiger partial charge in [0.05, 0.1) is 19.0 Å². The Labute approximate surface area is 160 Å². The summed E-state index contributed by atoms with van der Waals surface area (Å²) in [6.45, 7) is 2.85. The molecule has 1 N–H and O–H groups in total. The number of pyridine rings is 1. The molecule has 8 heteroatoms. The number of ether oxygens (including phenoxy) is 1. The molecule has 0 bridgehead atoms. The molecule has 0 atom stereocenters. The molecule has 4 aromatic heterocycles. The lowest BCUT2D eigenvalue weighted by atomic mass is 10.1. The molecule has 0 unspecified atom stereocenters. The van der Waals surface area contributed by atoms with E-state index in [9.17, 15) is 9.90 Å². The third-order valence-electron chi connectivity index (χ3n) is 5.26. The minimum atomic E-state index is -1.12. The Morgan fingerprint density at radius 1 is 1.39 bits per heavy atom. The normalized spacial score (nSPS) is 14.1. The lowest BCUT2D eigenvalue weighted by Crippen LogP contribution is -2.06. The van der Waals surface area contributed by atoms with Crippen molar-refractivity contribution >= 4 is 22.5 Å². The highest BCUT2D eigenvalue weighted by molar-refractivity contribution is 5.88. The number of hydrogen-bond donors (Lipinski definition) is 1. The van der Waals surface area contributed by atoms with Crippen molar-refractivity contribution in [2.75, 3.05) is 7.11 Å². The van der Waals surface area contributed by atoms with Gasteiger partial charge in [0.25, 0.3) is 0 Å². The Morgan fingerprint density at radius 2 is 2.21 bits per heavy atom. The van der Waals surface area contributed by atoms with Gasteiger partial charge in [-0.2, -0.15) is 5.10 Å². The molecule has 0 aromatic carbocycles. The highest BCUT2D eigenvalue weighted by Crippen LogP contribution is 2.37. The number of carboxylic acid groups (broad SMARTS) is 1. The van der Waals surface area contributed by atoms with E-state index in [-0.39, 0.29) is 11.6 Å². The third-order valence-corrected chi connectivity index (χ3v) is 5.26. The van der Waals surface area contributed by atoms with Crippen LogP contribution in [0.15, 0.2) is 30.6 Å². The van der Waals surface area contributed by atoms with Crippen molar-refractivity contribution in [2.45, 2.75) is 26.3 Å². The molecule has 1 saturated carbocycles. The second-order valence-corrected chi connectivity index (χ2v) is 7.21. The van der Waals surface area contributed by atoms with Crippen molar-refractivity contribution in [2.24, 2.45) is 5.92 Å². The highest BCUT2D eigenvalue weighted by atomic mass is 16.5. The van der Waals surface area contributed by atoms with E-state index in [1.54, 1.807) is 10.7 Å². The molecule has 0 aliphatic heterocycles. The molecule has 0 amide bonds. The number of carboxylic acids is 1. The van der Waals surface area contributed by atoms with Crippen LogP contribution in [-0.4, -0.2) is 42.3 Å². The zero-order valence-electron chi connectivity index (χ0n) is 15.6. The van der Waals surface area contributed by atoms with E-state index < -0.39 is 5.97 Å². The zero-order valence-corrected chi connectivity index (χ0v) is 15.6. The predicted octanol–water partition coefficient (Wildman–Crippen LogP) is 3.17. The number of carbonyl (C=O) groups is 1. The molecule has 1 fully saturated rings. The first kappa shape index (κ1) is 16.7. The predicted molar refractivity (Wildman–Crippen MR) is 103 cm³/mol. The summed E-state index contributed by atoms with van der Waals surface area (Å²) in [6, 6.07) is 6.07. The second kappa shape index (κ2) is 6.05. The minimum Gasteiger partial charge on any atom is -0.479 e. The van der Waals surface area contributed by atoms with Gasteiger partial charge in [0.2, 0.25) is 5.88 Å². The standard InChI is InChI=1S/C20H19N5O3/c1-11-16(23-25-10-14(20(26)27)22-19(28-2)17(11)25)15-8-13-4-3-7-21-18(13)24(15)9-12-5-6-12/h3-4,7-8,10,12H,5-6,9H2,1-2H3,(H,26,27). The Hall–Kier alpha value is -3.42. The van der Waals surface area contributed by atoms with Gasteiger partial charge in [-0.1, -0.05) is 0 Å². The molecule has 4 heterocycles. The first-order chi connectivity index (χ1) is 13.6.